The maximum absolute atomic E-state index is 3.71. The van der Waals surface area contributed by atoms with Crippen molar-refractivity contribution in [1.29, 1.82) is 0 Å². The third kappa shape index (κ3) is 2.03. The van der Waals surface area contributed by atoms with Gasteiger partial charge in [0.25, 0.3) is 0 Å². The molecule has 4 rings (SSSR count). The molecule has 0 spiro atoms. The molecule has 1 heterocycles. The summed E-state index contributed by atoms with van der Waals surface area (Å²) < 4.78 is 4.51. The van der Waals surface area contributed by atoms with Crippen LogP contribution >= 0.6 is 31.9 Å². The molecule has 4 aromatic rings. The molecular weight excluding hydrogens is 390 g/mol. The first-order chi connectivity index (χ1) is 10.3. The number of para-hydroxylation sites is 2. The average molecular weight is 401 g/mol. The van der Waals surface area contributed by atoms with Crippen molar-refractivity contribution in [1.82, 2.24) is 4.57 Å². The van der Waals surface area contributed by atoms with Gasteiger partial charge in [-0.05, 0) is 52.3 Å². The molecule has 1 aromatic heterocycles. The molecule has 3 heteroatoms. The Kier molecular flexibility index (Phi) is 3.12. The standard InChI is InChI=1S/C18H11Br2N/c19-12-9-10-17-15(11-12)14-7-4-8-16(20)18(14)21(17)13-5-2-1-3-6-13/h1-11H. The molecule has 0 N–H and O–H groups in total. The van der Waals surface area contributed by atoms with Crippen LogP contribution in [0.25, 0.3) is 27.5 Å². The molecule has 1 nitrogen and oxygen atoms in total. The summed E-state index contributed by atoms with van der Waals surface area (Å²) in [7, 11) is 0. The Morgan fingerprint density at radius 3 is 2.33 bits per heavy atom. The van der Waals surface area contributed by atoms with Gasteiger partial charge in [-0.1, -0.05) is 46.3 Å². The largest absolute Gasteiger partial charge is 0.308 e. The summed E-state index contributed by atoms with van der Waals surface area (Å²) >= 11 is 7.29. The van der Waals surface area contributed by atoms with Gasteiger partial charge in [0.05, 0.1) is 11.0 Å². The number of nitrogens with zero attached hydrogens (tertiary/aromatic N) is 1. The van der Waals surface area contributed by atoms with E-state index in [1.165, 1.54) is 27.5 Å². The highest BCUT2D eigenvalue weighted by Gasteiger charge is 2.14. The summed E-state index contributed by atoms with van der Waals surface area (Å²) in [5.74, 6) is 0. The van der Waals surface area contributed by atoms with E-state index < -0.39 is 0 Å². The van der Waals surface area contributed by atoms with Gasteiger partial charge in [0.15, 0.2) is 0 Å². The van der Waals surface area contributed by atoms with Gasteiger partial charge in [0.2, 0.25) is 0 Å². The van der Waals surface area contributed by atoms with Crippen molar-refractivity contribution in [2.45, 2.75) is 0 Å². The monoisotopic (exact) mass is 399 g/mol. The molecular formula is C18H11Br2N. The first-order valence-electron chi connectivity index (χ1n) is 6.69. The average Bonchev–Trinajstić information content (AvgIpc) is 2.83. The number of halogens is 2. The van der Waals surface area contributed by atoms with Crippen LogP contribution in [-0.2, 0) is 0 Å². The van der Waals surface area contributed by atoms with Crippen LogP contribution in [0.3, 0.4) is 0 Å². The number of hydrogen-bond acceptors (Lipinski definition) is 0. The fraction of sp³-hybridized carbons (Fsp3) is 0. The quantitative estimate of drug-likeness (QED) is 0.353. The topological polar surface area (TPSA) is 4.93 Å². The van der Waals surface area contributed by atoms with Crippen molar-refractivity contribution < 1.29 is 0 Å². The summed E-state index contributed by atoms with van der Waals surface area (Å²) in [6, 6.07) is 23.3. The fourth-order valence-corrected chi connectivity index (χ4v) is 3.75. The van der Waals surface area contributed by atoms with Crippen LogP contribution in [0.4, 0.5) is 0 Å². The van der Waals surface area contributed by atoms with Crippen LogP contribution in [0.15, 0.2) is 75.7 Å². The maximum Gasteiger partial charge on any atom is 0.0683 e. The molecule has 3 aromatic carbocycles. The predicted octanol–water partition coefficient (Wildman–Crippen LogP) is 6.31. The lowest BCUT2D eigenvalue weighted by molar-refractivity contribution is 1.18. The Balaban J connectivity index is 2.26. The molecule has 21 heavy (non-hydrogen) atoms. The van der Waals surface area contributed by atoms with E-state index in [-0.39, 0.29) is 0 Å². The number of rotatable bonds is 1. The zero-order chi connectivity index (χ0) is 14.4. The molecule has 0 aliphatic rings. The van der Waals surface area contributed by atoms with Gasteiger partial charge in [-0.3, -0.25) is 0 Å². The summed E-state index contributed by atoms with van der Waals surface area (Å²) in [6.07, 6.45) is 0. The Hall–Kier alpha value is -1.58. The summed E-state index contributed by atoms with van der Waals surface area (Å²) in [5.41, 5.74) is 3.59. The predicted molar refractivity (Wildman–Crippen MR) is 96.2 cm³/mol. The van der Waals surface area contributed by atoms with Crippen molar-refractivity contribution in [3.8, 4) is 5.69 Å². The Bertz CT molecular complexity index is 955. The smallest absolute Gasteiger partial charge is 0.0683 e. The van der Waals surface area contributed by atoms with Gasteiger partial charge in [0, 0.05) is 25.4 Å². The molecule has 0 bridgehead atoms. The highest BCUT2D eigenvalue weighted by molar-refractivity contribution is 9.11. The van der Waals surface area contributed by atoms with Gasteiger partial charge in [-0.15, -0.1) is 0 Å². The lowest BCUT2D eigenvalue weighted by Gasteiger charge is -2.08. The number of fused-ring (bicyclic) bond motifs is 3. The SMILES string of the molecule is Brc1ccc2c(c1)c1cccc(Br)c1n2-c1ccccc1. The maximum atomic E-state index is 3.71. The molecule has 0 radical (unpaired) electrons. The van der Waals surface area contributed by atoms with Crippen molar-refractivity contribution >= 4 is 53.7 Å². The normalized spacial score (nSPS) is 11.3. The zero-order valence-corrected chi connectivity index (χ0v) is 14.2. The van der Waals surface area contributed by atoms with Gasteiger partial charge >= 0.3 is 0 Å². The second kappa shape index (κ2) is 5.00. The molecule has 0 unspecified atom stereocenters. The van der Waals surface area contributed by atoms with E-state index in [9.17, 15) is 0 Å². The second-order valence-electron chi connectivity index (χ2n) is 4.97. The highest BCUT2D eigenvalue weighted by Crippen LogP contribution is 2.36. The highest BCUT2D eigenvalue weighted by atomic mass is 79.9. The molecule has 102 valence electrons. The van der Waals surface area contributed by atoms with Crippen LogP contribution in [-0.4, -0.2) is 4.57 Å². The van der Waals surface area contributed by atoms with E-state index in [4.69, 9.17) is 0 Å². The number of aromatic nitrogens is 1. The first-order valence-corrected chi connectivity index (χ1v) is 8.28. The van der Waals surface area contributed by atoms with Gasteiger partial charge < -0.3 is 4.57 Å². The molecule has 0 aliphatic heterocycles. The van der Waals surface area contributed by atoms with E-state index in [2.05, 4.69) is 97.1 Å². The molecule has 0 atom stereocenters. The van der Waals surface area contributed by atoms with E-state index >= 15 is 0 Å². The Morgan fingerprint density at radius 1 is 0.714 bits per heavy atom. The van der Waals surface area contributed by atoms with E-state index in [0.717, 1.165) is 8.95 Å². The third-order valence-electron chi connectivity index (χ3n) is 3.71. The van der Waals surface area contributed by atoms with Crippen LogP contribution < -0.4 is 0 Å². The minimum atomic E-state index is 1.10. The molecule has 0 saturated heterocycles. The zero-order valence-electron chi connectivity index (χ0n) is 11.1. The minimum absolute atomic E-state index is 1.10. The summed E-state index contributed by atoms with van der Waals surface area (Å²) in [5, 5.41) is 2.51. The molecule has 0 saturated carbocycles. The summed E-state index contributed by atoms with van der Waals surface area (Å²) in [4.78, 5) is 0. The van der Waals surface area contributed by atoms with Gasteiger partial charge in [-0.25, -0.2) is 0 Å². The van der Waals surface area contributed by atoms with Crippen molar-refractivity contribution in [2.24, 2.45) is 0 Å². The van der Waals surface area contributed by atoms with Gasteiger partial charge in [0.1, 0.15) is 0 Å². The van der Waals surface area contributed by atoms with Crippen LogP contribution in [0, 0.1) is 0 Å². The number of benzene rings is 3. The minimum Gasteiger partial charge on any atom is -0.308 e. The van der Waals surface area contributed by atoms with Crippen molar-refractivity contribution in [3.63, 3.8) is 0 Å². The van der Waals surface area contributed by atoms with Gasteiger partial charge in [-0.2, -0.15) is 0 Å². The van der Waals surface area contributed by atoms with Crippen molar-refractivity contribution in [3.05, 3.63) is 75.7 Å². The molecule has 0 aliphatic carbocycles. The lowest BCUT2D eigenvalue weighted by Crippen LogP contribution is -1.93. The van der Waals surface area contributed by atoms with E-state index in [0.29, 0.717) is 0 Å². The lowest BCUT2D eigenvalue weighted by atomic mass is 10.2. The second-order valence-corrected chi connectivity index (χ2v) is 6.74. The van der Waals surface area contributed by atoms with Crippen molar-refractivity contribution in [2.75, 3.05) is 0 Å². The summed E-state index contributed by atoms with van der Waals surface area (Å²) in [6.45, 7) is 0. The van der Waals surface area contributed by atoms with Crippen LogP contribution in [0.1, 0.15) is 0 Å². The van der Waals surface area contributed by atoms with E-state index in [1.54, 1.807) is 0 Å². The fourth-order valence-electron chi connectivity index (χ4n) is 2.84. The number of hydrogen-bond donors (Lipinski definition) is 0. The third-order valence-corrected chi connectivity index (χ3v) is 4.85. The Labute approximate surface area is 139 Å². The first kappa shape index (κ1) is 13.1. The molecule has 0 fully saturated rings. The van der Waals surface area contributed by atoms with Crippen LogP contribution in [0.2, 0.25) is 0 Å². The molecule has 0 amide bonds. The van der Waals surface area contributed by atoms with E-state index in [1.807, 2.05) is 6.07 Å². The Morgan fingerprint density at radius 2 is 1.52 bits per heavy atom. The van der Waals surface area contributed by atoms with Crippen LogP contribution in [0.5, 0.6) is 0 Å².